The Kier molecular flexibility index (Phi) is 6.81. The number of aromatic amines is 1. The summed E-state index contributed by atoms with van der Waals surface area (Å²) in [6.07, 6.45) is 0.783. The summed E-state index contributed by atoms with van der Waals surface area (Å²) < 4.78 is 5.24. The number of carbonyl (C=O) groups excluding carboxylic acids is 1. The molecule has 0 spiro atoms. The monoisotopic (exact) mass is 481 g/mol. The molecular weight excluding hydrogens is 458 g/mol. The van der Waals surface area contributed by atoms with Gasteiger partial charge in [0.1, 0.15) is 11.6 Å². The van der Waals surface area contributed by atoms with E-state index in [1.807, 2.05) is 44.2 Å². The van der Waals surface area contributed by atoms with E-state index in [0.29, 0.717) is 33.2 Å². The number of carbonyl (C=O) groups is 1. The summed E-state index contributed by atoms with van der Waals surface area (Å²) in [5, 5.41) is 0.975. The van der Waals surface area contributed by atoms with Crippen LogP contribution in [0.15, 0.2) is 53.3 Å². The molecule has 0 saturated carbocycles. The molecule has 1 N–H and O–H groups in total. The van der Waals surface area contributed by atoms with Crippen LogP contribution in [0.5, 0.6) is 5.75 Å². The molecule has 2 aromatic carbocycles. The number of aryl methyl sites for hydroxylation is 1. The van der Waals surface area contributed by atoms with Crippen LogP contribution in [0.25, 0.3) is 22.0 Å². The van der Waals surface area contributed by atoms with Crippen LogP contribution in [0.1, 0.15) is 33.7 Å². The first kappa shape index (κ1) is 23.0. The predicted molar refractivity (Wildman–Crippen MR) is 133 cm³/mol. The number of amides is 1. The summed E-state index contributed by atoms with van der Waals surface area (Å²) in [4.78, 5) is 36.7. The number of fused-ring (bicyclic) bond motifs is 1. The van der Waals surface area contributed by atoms with Gasteiger partial charge < -0.3 is 14.6 Å². The average molecular weight is 482 g/mol. The van der Waals surface area contributed by atoms with E-state index in [1.165, 1.54) is 11.3 Å². The number of hydrogen-bond acceptors (Lipinski definition) is 5. The number of aromatic nitrogens is 2. The van der Waals surface area contributed by atoms with Crippen molar-refractivity contribution in [1.82, 2.24) is 14.9 Å². The predicted octanol–water partition coefficient (Wildman–Crippen LogP) is 5.67. The van der Waals surface area contributed by atoms with Crippen molar-refractivity contribution in [2.45, 2.75) is 26.8 Å². The molecule has 8 heteroatoms. The highest BCUT2D eigenvalue weighted by Gasteiger charge is 2.21. The Balaban J connectivity index is 1.62. The third-order valence-corrected chi connectivity index (χ3v) is 6.64. The van der Waals surface area contributed by atoms with Gasteiger partial charge in [0.2, 0.25) is 0 Å². The Bertz CT molecular complexity index is 1360. The summed E-state index contributed by atoms with van der Waals surface area (Å²) in [6, 6.07) is 14.7. The Hall–Kier alpha value is -3.16. The molecule has 0 aliphatic heterocycles. The lowest BCUT2D eigenvalue weighted by Gasteiger charge is -2.21. The number of nitrogens with zero attached hydrogens (tertiary/aromatic N) is 2. The smallest absolute Gasteiger partial charge is 0.264 e. The molecule has 0 aliphatic rings. The van der Waals surface area contributed by atoms with E-state index in [0.717, 1.165) is 28.2 Å². The standard InChI is InChI=1S/C25H24ClN3O3S/c1-4-11-29(14-23-27-21-12-17(26)7-10-19(21)24(30)28-23)25(31)22-13-20(15(2)33-22)16-5-8-18(32-3)9-6-16/h5-10,12-13H,4,11,14H2,1-3H3,(H,27,28,30). The molecule has 0 saturated heterocycles. The van der Waals surface area contributed by atoms with Gasteiger partial charge in [-0.15, -0.1) is 11.3 Å². The van der Waals surface area contributed by atoms with E-state index >= 15 is 0 Å². The van der Waals surface area contributed by atoms with Crippen molar-refractivity contribution >= 4 is 39.7 Å². The zero-order valence-corrected chi connectivity index (χ0v) is 20.2. The molecule has 1 amide bonds. The minimum Gasteiger partial charge on any atom is -0.497 e. The average Bonchev–Trinajstić information content (AvgIpc) is 3.19. The van der Waals surface area contributed by atoms with E-state index in [2.05, 4.69) is 9.97 Å². The van der Waals surface area contributed by atoms with Crippen LogP contribution in [0.3, 0.4) is 0 Å². The molecule has 0 atom stereocenters. The number of thiophene rings is 1. The topological polar surface area (TPSA) is 75.3 Å². The third-order valence-electron chi connectivity index (χ3n) is 5.37. The van der Waals surface area contributed by atoms with Crippen LogP contribution in [-0.2, 0) is 6.54 Å². The van der Waals surface area contributed by atoms with Gasteiger partial charge in [0, 0.05) is 16.4 Å². The van der Waals surface area contributed by atoms with E-state index in [-0.39, 0.29) is 18.0 Å². The number of hydrogen-bond donors (Lipinski definition) is 1. The maximum absolute atomic E-state index is 13.4. The number of nitrogens with one attached hydrogen (secondary N) is 1. The quantitative estimate of drug-likeness (QED) is 0.368. The van der Waals surface area contributed by atoms with Crippen molar-refractivity contribution in [3.05, 3.63) is 79.5 Å². The minimum atomic E-state index is -0.246. The van der Waals surface area contributed by atoms with Crippen molar-refractivity contribution in [2.24, 2.45) is 0 Å². The molecule has 33 heavy (non-hydrogen) atoms. The Morgan fingerprint density at radius 3 is 2.64 bits per heavy atom. The molecule has 0 fully saturated rings. The van der Waals surface area contributed by atoms with Crippen LogP contribution >= 0.6 is 22.9 Å². The van der Waals surface area contributed by atoms with Crippen molar-refractivity contribution in [3.63, 3.8) is 0 Å². The largest absolute Gasteiger partial charge is 0.497 e. The summed E-state index contributed by atoms with van der Waals surface area (Å²) in [7, 11) is 1.64. The first-order valence-electron chi connectivity index (χ1n) is 10.6. The summed E-state index contributed by atoms with van der Waals surface area (Å²) in [5.41, 5.74) is 2.32. The Labute approximate surface area is 200 Å². The first-order chi connectivity index (χ1) is 15.9. The Morgan fingerprint density at radius 2 is 1.94 bits per heavy atom. The highest BCUT2D eigenvalue weighted by molar-refractivity contribution is 7.14. The van der Waals surface area contributed by atoms with E-state index in [4.69, 9.17) is 16.3 Å². The van der Waals surface area contributed by atoms with Crippen molar-refractivity contribution in [3.8, 4) is 16.9 Å². The van der Waals surface area contributed by atoms with E-state index in [9.17, 15) is 9.59 Å². The van der Waals surface area contributed by atoms with Gasteiger partial charge in [-0.25, -0.2) is 4.98 Å². The molecule has 0 unspecified atom stereocenters. The van der Waals surface area contributed by atoms with Gasteiger partial charge >= 0.3 is 0 Å². The molecule has 4 rings (SSSR count). The SMILES string of the molecule is CCCN(Cc1nc2cc(Cl)ccc2c(=O)[nH]1)C(=O)c1cc(-c2ccc(OC)cc2)c(C)s1. The lowest BCUT2D eigenvalue weighted by molar-refractivity contribution is 0.0744. The van der Waals surface area contributed by atoms with E-state index < -0.39 is 0 Å². The summed E-state index contributed by atoms with van der Waals surface area (Å²) in [5.74, 6) is 1.13. The number of halogens is 1. The summed E-state index contributed by atoms with van der Waals surface area (Å²) >= 11 is 7.54. The number of benzene rings is 2. The number of methoxy groups -OCH3 is 1. The zero-order valence-electron chi connectivity index (χ0n) is 18.6. The van der Waals surface area contributed by atoms with Gasteiger partial charge in [0.25, 0.3) is 11.5 Å². The second-order valence-electron chi connectivity index (χ2n) is 7.71. The van der Waals surface area contributed by atoms with Gasteiger partial charge in [0.05, 0.1) is 29.4 Å². The maximum atomic E-state index is 13.4. The van der Waals surface area contributed by atoms with Gasteiger partial charge in [-0.3, -0.25) is 9.59 Å². The van der Waals surface area contributed by atoms with Gasteiger partial charge in [-0.1, -0.05) is 30.7 Å². The van der Waals surface area contributed by atoms with E-state index in [1.54, 1.807) is 30.2 Å². The Morgan fingerprint density at radius 1 is 1.18 bits per heavy atom. The number of ether oxygens (including phenoxy) is 1. The fraction of sp³-hybridized carbons (Fsp3) is 0.240. The van der Waals surface area contributed by atoms with Crippen LogP contribution in [0.2, 0.25) is 5.02 Å². The van der Waals surface area contributed by atoms with Gasteiger partial charge in [-0.2, -0.15) is 0 Å². The molecule has 0 aliphatic carbocycles. The number of rotatable bonds is 7. The van der Waals surface area contributed by atoms with Gasteiger partial charge in [0.15, 0.2) is 0 Å². The lowest BCUT2D eigenvalue weighted by Crippen LogP contribution is -2.32. The molecule has 170 valence electrons. The van der Waals surface area contributed by atoms with Crippen molar-refractivity contribution in [1.29, 1.82) is 0 Å². The van der Waals surface area contributed by atoms with Gasteiger partial charge in [-0.05, 0) is 60.9 Å². The molecule has 0 radical (unpaired) electrons. The van der Waals surface area contributed by atoms with Crippen LogP contribution < -0.4 is 10.3 Å². The second kappa shape index (κ2) is 9.77. The maximum Gasteiger partial charge on any atom is 0.264 e. The fourth-order valence-corrected chi connectivity index (χ4v) is 4.92. The van der Waals surface area contributed by atoms with Crippen LogP contribution in [-0.4, -0.2) is 34.4 Å². The molecule has 0 bridgehead atoms. The van der Waals surface area contributed by atoms with Crippen LogP contribution in [0.4, 0.5) is 0 Å². The minimum absolute atomic E-state index is 0.0847. The third kappa shape index (κ3) is 4.94. The number of H-pyrrole nitrogens is 1. The van der Waals surface area contributed by atoms with Crippen molar-refractivity contribution < 1.29 is 9.53 Å². The zero-order chi connectivity index (χ0) is 23.5. The highest BCUT2D eigenvalue weighted by atomic mass is 35.5. The highest BCUT2D eigenvalue weighted by Crippen LogP contribution is 2.33. The molecule has 6 nitrogen and oxygen atoms in total. The van der Waals surface area contributed by atoms with Crippen LogP contribution in [0, 0.1) is 6.92 Å². The fourth-order valence-electron chi connectivity index (χ4n) is 3.74. The normalized spacial score (nSPS) is 11.0. The molecule has 2 aromatic heterocycles. The summed E-state index contributed by atoms with van der Waals surface area (Å²) in [6.45, 7) is 4.78. The molecule has 2 heterocycles. The molecular formula is C25H24ClN3O3S. The first-order valence-corrected chi connectivity index (χ1v) is 11.8. The lowest BCUT2D eigenvalue weighted by atomic mass is 10.1. The van der Waals surface area contributed by atoms with Crippen molar-refractivity contribution in [2.75, 3.05) is 13.7 Å². The molecule has 4 aromatic rings. The second-order valence-corrected chi connectivity index (χ2v) is 9.40.